The highest BCUT2D eigenvalue weighted by molar-refractivity contribution is 5.28. The molecule has 0 aromatic heterocycles. The quantitative estimate of drug-likeness (QED) is 0.879. The van der Waals surface area contributed by atoms with Crippen LogP contribution < -0.4 is 5.32 Å². The molecule has 1 fully saturated rings. The maximum absolute atomic E-state index is 3.82. The number of nitrogens with one attached hydrogen (secondary N) is 1. The number of nitrogens with zero attached hydrogens (tertiary/aromatic N) is 1. The number of aryl methyl sites for hydroxylation is 1. The minimum atomic E-state index is 0.434. The van der Waals surface area contributed by atoms with Crippen LogP contribution in [0.1, 0.15) is 50.8 Å². The molecule has 0 radical (unpaired) electrons. The standard InChI is InChI=1S/C18H30N2/c1-5-20-12-8-10-17(13-20)15(3)19-16(4)18-11-7-6-9-14(18)2/h6-7,9,11,15-17,19H,5,8,10,12-13H2,1-4H3/t15?,16-,17?/m1/s1. The topological polar surface area (TPSA) is 15.3 Å². The molecule has 3 atom stereocenters. The van der Waals surface area contributed by atoms with Gasteiger partial charge in [0, 0.05) is 18.6 Å². The summed E-state index contributed by atoms with van der Waals surface area (Å²) in [6.45, 7) is 12.9. The van der Waals surface area contributed by atoms with Crippen LogP contribution in [-0.2, 0) is 0 Å². The third kappa shape index (κ3) is 3.83. The van der Waals surface area contributed by atoms with Crippen molar-refractivity contribution in [2.45, 2.75) is 52.6 Å². The van der Waals surface area contributed by atoms with Crippen LogP contribution in [0.3, 0.4) is 0 Å². The molecule has 0 amide bonds. The summed E-state index contributed by atoms with van der Waals surface area (Å²) in [4.78, 5) is 2.59. The molecule has 1 N–H and O–H groups in total. The Morgan fingerprint density at radius 3 is 2.75 bits per heavy atom. The van der Waals surface area contributed by atoms with Crippen molar-refractivity contribution in [1.82, 2.24) is 10.2 Å². The highest BCUT2D eigenvalue weighted by atomic mass is 15.1. The van der Waals surface area contributed by atoms with E-state index in [0.29, 0.717) is 12.1 Å². The summed E-state index contributed by atoms with van der Waals surface area (Å²) >= 11 is 0. The van der Waals surface area contributed by atoms with E-state index in [-0.39, 0.29) is 0 Å². The molecule has 112 valence electrons. The Bertz CT molecular complexity index is 416. The van der Waals surface area contributed by atoms with Crippen molar-refractivity contribution in [3.8, 4) is 0 Å². The number of hydrogen-bond acceptors (Lipinski definition) is 2. The summed E-state index contributed by atoms with van der Waals surface area (Å²) in [7, 11) is 0. The second kappa shape index (κ2) is 7.24. The second-order valence-corrected chi connectivity index (χ2v) is 6.33. The first-order valence-electron chi connectivity index (χ1n) is 8.15. The molecule has 2 rings (SSSR count). The molecule has 1 aliphatic heterocycles. The van der Waals surface area contributed by atoms with Crippen molar-refractivity contribution in [3.05, 3.63) is 35.4 Å². The van der Waals surface area contributed by atoms with Gasteiger partial charge in [0.05, 0.1) is 0 Å². The van der Waals surface area contributed by atoms with E-state index in [9.17, 15) is 0 Å². The monoisotopic (exact) mass is 274 g/mol. The summed E-state index contributed by atoms with van der Waals surface area (Å²) in [5, 5.41) is 3.82. The maximum Gasteiger partial charge on any atom is 0.0296 e. The van der Waals surface area contributed by atoms with Gasteiger partial charge in [-0.3, -0.25) is 0 Å². The minimum absolute atomic E-state index is 0.434. The number of hydrogen-bond donors (Lipinski definition) is 1. The van der Waals surface area contributed by atoms with E-state index in [4.69, 9.17) is 0 Å². The van der Waals surface area contributed by atoms with Gasteiger partial charge < -0.3 is 10.2 Å². The van der Waals surface area contributed by atoms with Crippen molar-refractivity contribution in [2.24, 2.45) is 5.92 Å². The Hall–Kier alpha value is -0.860. The summed E-state index contributed by atoms with van der Waals surface area (Å²) in [6.07, 6.45) is 2.72. The number of piperidine rings is 1. The van der Waals surface area contributed by atoms with Crippen LogP contribution in [0.15, 0.2) is 24.3 Å². The SMILES string of the molecule is CCN1CCCC(C(C)N[C@H](C)c2ccccc2C)C1. The number of likely N-dealkylation sites (tertiary alicyclic amines) is 1. The maximum atomic E-state index is 3.82. The fraction of sp³-hybridized carbons (Fsp3) is 0.667. The molecular weight excluding hydrogens is 244 g/mol. The Morgan fingerprint density at radius 2 is 2.05 bits per heavy atom. The lowest BCUT2D eigenvalue weighted by Gasteiger charge is -2.36. The predicted molar refractivity (Wildman–Crippen MR) is 87.0 cm³/mol. The molecule has 2 heteroatoms. The lowest BCUT2D eigenvalue weighted by Crippen LogP contribution is -2.45. The third-order valence-corrected chi connectivity index (χ3v) is 4.86. The van der Waals surface area contributed by atoms with Gasteiger partial charge in [-0.15, -0.1) is 0 Å². The molecule has 0 aliphatic carbocycles. The van der Waals surface area contributed by atoms with Crippen LogP contribution in [0.25, 0.3) is 0 Å². The first kappa shape index (κ1) is 15.5. The third-order valence-electron chi connectivity index (χ3n) is 4.86. The average Bonchev–Trinajstić information content (AvgIpc) is 2.47. The molecule has 1 aromatic rings. The van der Waals surface area contributed by atoms with E-state index in [1.165, 1.54) is 43.6 Å². The molecule has 2 nitrogen and oxygen atoms in total. The van der Waals surface area contributed by atoms with E-state index >= 15 is 0 Å². The second-order valence-electron chi connectivity index (χ2n) is 6.33. The Balaban J connectivity index is 1.93. The summed E-state index contributed by atoms with van der Waals surface area (Å²) < 4.78 is 0. The fourth-order valence-electron chi connectivity index (χ4n) is 3.48. The first-order chi connectivity index (χ1) is 9.61. The van der Waals surface area contributed by atoms with Crippen molar-refractivity contribution in [3.63, 3.8) is 0 Å². The van der Waals surface area contributed by atoms with Gasteiger partial charge in [-0.25, -0.2) is 0 Å². The molecule has 1 aliphatic rings. The molecule has 1 saturated heterocycles. The lowest BCUT2D eigenvalue weighted by molar-refractivity contribution is 0.153. The summed E-state index contributed by atoms with van der Waals surface area (Å²) in [5.74, 6) is 0.787. The number of rotatable bonds is 5. The van der Waals surface area contributed by atoms with Gasteiger partial charge in [0.15, 0.2) is 0 Å². The van der Waals surface area contributed by atoms with Gasteiger partial charge in [-0.1, -0.05) is 31.2 Å². The zero-order valence-corrected chi connectivity index (χ0v) is 13.5. The molecule has 0 spiro atoms. The Kier molecular flexibility index (Phi) is 5.62. The minimum Gasteiger partial charge on any atom is -0.307 e. The molecule has 0 bridgehead atoms. The average molecular weight is 274 g/mol. The fourth-order valence-corrected chi connectivity index (χ4v) is 3.48. The molecule has 2 unspecified atom stereocenters. The van der Waals surface area contributed by atoms with E-state index in [1.54, 1.807) is 0 Å². The Morgan fingerprint density at radius 1 is 1.30 bits per heavy atom. The zero-order chi connectivity index (χ0) is 14.5. The first-order valence-corrected chi connectivity index (χ1v) is 8.15. The normalized spacial score (nSPS) is 23.5. The molecule has 20 heavy (non-hydrogen) atoms. The van der Waals surface area contributed by atoms with E-state index in [2.05, 4.69) is 62.2 Å². The predicted octanol–water partition coefficient (Wildman–Crippen LogP) is 3.77. The van der Waals surface area contributed by atoms with Gasteiger partial charge in [-0.2, -0.15) is 0 Å². The highest BCUT2D eigenvalue weighted by Crippen LogP contribution is 2.23. The van der Waals surface area contributed by atoms with Crippen LogP contribution in [0.4, 0.5) is 0 Å². The van der Waals surface area contributed by atoms with Gasteiger partial charge in [0.2, 0.25) is 0 Å². The molecular formula is C18H30N2. The lowest BCUT2D eigenvalue weighted by atomic mass is 9.90. The summed E-state index contributed by atoms with van der Waals surface area (Å²) in [5.41, 5.74) is 2.82. The van der Waals surface area contributed by atoms with Crippen LogP contribution in [-0.4, -0.2) is 30.6 Å². The molecule has 1 heterocycles. The van der Waals surface area contributed by atoms with Crippen molar-refractivity contribution < 1.29 is 0 Å². The van der Waals surface area contributed by atoms with Gasteiger partial charge in [0.25, 0.3) is 0 Å². The van der Waals surface area contributed by atoms with Crippen LogP contribution in [0.5, 0.6) is 0 Å². The van der Waals surface area contributed by atoms with E-state index in [1.807, 2.05) is 0 Å². The highest BCUT2D eigenvalue weighted by Gasteiger charge is 2.25. The van der Waals surface area contributed by atoms with Gasteiger partial charge in [-0.05, 0) is 63.7 Å². The summed E-state index contributed by atoms with van der Waals surface area (Å²) in [6, 6.07) is 9.73. The molecule has 0 saturated carbocycles. The molecule has 1 aromatic carbocycles. The van der Waals surface area contributed by atoms with E-state index < -0.39 is 0 Å². The van der Waals surface area contributed by atoms with Crippen LogP contribution in [0.2, 0.25) is 0 Å². The van der Waals surface area contributed by atoms with Crippen molar-refractivity contribution >= 4 is 0 Å². The van der Waals surface area contributed by atoms with Crippen LogP contribution in [0, 0.1) is 12.8 Å². The zero-order valence-electron chi connectivity index (χ0n) is 13.5. The largest absolute Gasteiger partial charge is 0.307 e. The van der Waals surface area contributed by atoms with Gasteiger partial charge in [0.1, 0.15) is 0 Å². The van der Waals surface area contributed by atoms with Crippen molar-refractivity contribution in [2.75, 3.05) is 19.6 Å². The van der Waals surface area contributed by atoms with Gasteiger partial charge >= 0.3 is 0 Å². The Labute approximate surface area is 124 Å². The van der Waals surface area contributed by atoms with Crippen molar-refractivity contribution in [1.29, 1.82) is 0 Å². The van der Waals surface area contributed by atoms with E-state index in [0.717, 1.165) is 5.92 Å². The smallest absolute Gasteiger partial charge is 0.0296 e. The number of benzene rings is 1. The van der Waals surface area contributed by atoms with Crippen LogP contribution >= 0.6 is 0 Å².